The van der Waals surface area contributed by atoms with Crippen molar-refractivity contribution in [1.82, 2.24) is 0 Å². The number of rotatable bonds is 1. The molecule has 16 heavy (non-hydrogen) atoms. The molecule has 2 aliphatic rings. The van der Waals surface area contributed by atoms with Gasteiger partial charge in [0, 0.05) is 23.1 Å². The summed E-state index contributed by atoms with van der Waals surface area (Å²) in [6.07, 6.45) is 5.07. The van der Waals surface area contributed by atoms with Crippen LogP contribution in [-0.4, -0.2) is 18.6 Å². The Kier molecular flexibility index (Phi) is 2.68. The molecule has 3 rings (SSSR count). The molecule has 86 valence electrons. The molecule has 2 heterocycles. The van der Waals surface area contributed by atoms with E-state index in [2.05, 4.69) is 39.0 Å². The fraction of sp³-hybridized carbons (Fsp3) is 0.538. The lowest BCUT2D eigenvalue weighted by atomic mass is 9.96. The average Bonchev–Trinajstić information content (AvgIpc) is 2.72. The molecule has 1 aromatic carbocycles. The lowest BCUT2D eigenvalue weighted by molar-refractivity contribution is 0.561. The van der Waals surface area contributed by atoms with Crippen molar-refractivity contribution in [2.24, 2.45) is 5.73 Å². The van der Waals surface area contributed by atoms with E-state index in [1.807, 2.05) is 0 Å². The number of fused-ring (bicyclic) bond motifs is 3. The van der Waals surface area contributed by atoms with E-state index in [0.717, 1.165) is 12.6 Å². The molecule has 2 aliphatic heterocycles. The van der Waals surface area contributed by atoms with Gasteiger partial charge in [0.25, 0.3) is 0 Å². The minimum atomic E-state index is 0.544. The van der Waals surface area contributed by atoms with Gasteiger partial charge in [-0.3, -0.25) is 0 Å². The number of halogens is 1. The molecule has 1 fully saturated rings. The van der Waals surface area contributed by atoms with Crippen LogP contribution in [-0.2, 0) is 6.42 Å². The van der Waals surface area contributed by atoms with Crippen molar-refractivity contribution in [1.29, 1.82) is 0 Å². The third-order valence-corrected chi connectivity index (χ3v) is 4.61. The number of anilines is 1. The summed E-state index contributed by atoms with van der Waals surface area (Å²) in [5.41, 5.74) is 8.78. The van der Waals surface area contributed by atoms with Crippen molar-refractivity contribution >= 4 is 21.6 Å². The van der Waals surface area contributed by atoms with Gasteiger partial charge in [0.1, 0.15) is 0 Å². The number of nitrogens with two attached hydrogens (primary N) is 1. The quantitative estimate of drug-likeness (QED) is 0.857. The molecule has 0 aliphatic carbocycles. The van der Waals surface area contributed by atoms with Crippen LogP contribution in [0.25, 0.3) is 0 Å². The van der Waals surface area contributed by atoms with Crippen LogP contribution in [0.5, 0.6) is 0 Å². The largest absolute Gasteiger partial charge is 0.363 e. The van der Waals surface area contributed by atoms with Crippen LogP contribution >= 0.6 is 15.9 Å². The molecule has 0 bridgehead atoms. The van der Waals surface area contributed by atoms with Crippen molar-refractivity contribution < 1.29 is 0 Å². The van der Waals surface area contributed by atoms with E-state index >= 15 is 0 Å². The Bertz CT molecular complexity index is 405. The zero-order valence-electron chi connectivity index (χ0n) is 9.32. The highest BCUT2D eigenvalue weighted by Crippen LogP contribution is 2.42. The van der Waals surface area contributed by atoms with E-state index < -0.39 is 0 Å². The van der Waals surface area contributed by atoms with Crippen LogP contribution < -0.4 is 10.6 Å². The van der Waals surface area contributed by atoms with Gasteiger partial charge in [-0.25, -0.2) is 0 Å². The van der Waals surface area contributed by atoms with Crippen LogP contribution in [0, 0.1) is 0 Å². The zero-order chi connectivity index (χ0) is 11.1. The number of hydrogen-bond donors (Lipinski definition) is 1. The van der Waals surface area contributed by atoms with E-state index in [0.29, 0.717) is 6.04 Å². The Morgan fingerprint density at radius 1 is 1.31 bits per heavy atom. The molecule has 3 heteroatoms. The summed E-state index contributed by atoms with van der Waals surface area (Å²) >= 11 is 3.69. The highest BCUT2D eigenvalue weighted by atomic mass is 79.9. The molecule has 0 spiro atoms. The Labute approximate surface area is 105 Å². The molecule has 1 aromatic rings. The Balaban J connectivity index is 2.08. The summed E-state index contributed by atoms with van der Waals surface area (Å²) in [6, 6.07) is 7.80. The van der Waals surface area contributed by atoms with Gasteiger partial charge in [0.2, 0.25) is 0 Å². The van der Waals surface area contributed by atoms with Crippen molar-refractivity contribution in [2.45, 2.75) is 37.8 Å². The summed E-state index contributed by atoms with van der Waals surface area (Å²) in [5.74, 6) is 0. The van der Waals surface area contributed by atoms with E-state index in [1.54, 1.807) is 0 Å². The van der Waals surface area contributed by atoms with E-state index in [9.17, 15) is 0 Å². The number of hydrogen-bond acceptors (Lipinski definition) is 2. The topological polar surface area (TPSA) is 29.3 Å². The molecule has 2 nitrogen and oxygen atoms in total. The second-order valence-corrected chi connectivity index (χ2v) is 5.67. The van der Waals surface area contributed by atoms with Crippen LogP contribution in [0.4, 0.5) is 5.69 Å². The Morgan fingerprint density at radius 3 is 3.00 bits per heavy atom. The predicted octanol–water partition coefficient (Wildman–Crippen LogP) is 2.69. The van der Waals surface area contributed by atoms with Gasteiger partial charge < -0.3 is 10.6 Å². The van der Waals surface area contributed by atoms with Crippen LogP contribution in [0.15, 0.2) is 22.7 Å². The van der Waals surface area contributed by atoms with Gasteiger partial charge in [0.05, 0.1) is 5.69 Å². The van der Waals surface area contributed by atoms with Gasteiger partial charge in [-0.2, -0.15) is 0 Å². The second kappa shape index (κ2) is 4.04. The molecule has 0 saturated carbocycles. The van der Waals surface area contributed by atoms with E-state index in [1.165, 1.54) is 41.4 Å². The van der Waals surface area contributed by atoms with Gasteiger partial charge in [-0.05, 0) is 53.2 Å². The highest BCUT2D eigenvalue weighted by Gasteiger charge is 2.37. The highest BCUT2D eigenvalue weighted by molar-refractivity contribution is 9.10. The van der Waals surface area contributed by atoms with Gasteiger partial charge in [-0.15, -0.1) is 0 Å². The standard InChI is InChI=1S/C13H17BrN2/c14-12-3-1-2-9-4-5-10-6-7-11(8-15)16(10)13(9)12/h1-3,10-11H,4-8,15H2. The SMILES string of the molecule is NCC1CCC2CCc3cccc(Br)c3N12. The van der Waals surface area contributed by atoms with Crippen molar-refractivity contribution in [2.75, 3.05) is 11.4 Å². The second-order valence-electron chi connectivity index (χ2n) is 4.81. The number of nitrogens with zero attached hydrogens (tertiary/aromatic N) is 1. The van der Waals surface area contributed by atoms with E-state index in [-0.39, 0.29) is 0 Å². The number of benzene rings is 1. The fourth-order valence-electron chi connectivity index (χ4n) is 3.21. The van der Waals surface area contributed by atoms with E-state index in [4.69, 9.17) is 5.73 Å². The van der Waals surface area contributed by atoms with Crippen molar-refractivity contribution in [3.8, 4) is 0 Å². The third-order valence-electron chi connectivity index (χ3n) is 3.97. The van der Waals surface area contributed by atoms with Crippen LogP contribution in [0.3, 0.4) is 0 Å². The maximum Gasteiger partial charge on any atom is 0.0548 e. The minimum absolute atomic E-state index is 0.544. The van der Waals surface area contributed by atoms with Crippen molar-refractivity contribution in [3.05, 3.63) is 28.2 Å². The average molecular weight is 281 g/mol. The maximum absolute atomic E-state index is 5.89. The number of aryl methyl sites for hydroxylation is 1. The summed E-state index contributed by atoms with van der Waals surface area (Å²) in [7, 11) is 0. The molecule has 1 saturated heterocycles. The molecule has 0 radical (unpaired) electrons. The zero-order valence-corrected chi connectivity index (χ0v) is 10.9. The van der Waals surface area contributed by atoms with Crippen LogP contribution in [0.1, 0.15) is 24.8 Å². The Morgan fingerprint density at radius 2 is 2.19 bits per heavy atom. The normalized spacial score (nSPS) is 27.8. The molecular formula is C13H17BrN2. The molecule has 2 unspecified atom stereocenters. The lowest BCUT2D eigenvalue weighted by Crippen LogP contribution is -2.43. The summed E-state index contributed by atoms with van der Waals surface area (Å²) < 4.78 is 1.23. The molecular weight excluding hydrogens is 264 g/mol. The first-order valence-electron chi connectivity index (χ1n) is 6.07. The summed E-state index contributed by atoms with van der Waals surface area (Å²) in [5, 5.41) is 0. The first kappa shape index (κ1) is 10.6. The number of para-hydroxylation sites is 1. The third kappa shape index (κ3) is 1.49. The molecule has 2 N–H and O–H groups in total. The summed E-state index contributed by atoms with van der Waals surface area (Å²) in [4.78, 5) is 2.57. The maximum atomic E-state index is 5.89. The van der Waals surface area contributed by atoms with Gasteiger partial charge >= 0.3 is 0 Å². The molecule has 0 amide bonds. The first-order chi connectivity index (χ1) is 7.81. The first-order valence-corrected chi connectivity index (χ1v) is 6.86. The van der Waals surface area contributed by atoms with Crippen LogP contribution in [0.2, 0.25) is 0 Å². The van der Waals surface area contributed by atoms with Gasteiger partial charge in [-0.1, -0.05) is 12.1 Å². The Hall–Kier alpha value is -0.540. The molecule has 2 atom stereocenters. The monoisotopic (exact) mass is 280 g/mol. The van der Waals surface area contributed by atoms with Gasteiger partial charge in [0.15, 0.2) is 0 Å². The smallest absolute Gasteiger partial charge is 0.0548 e. The van der Waals surface area contributed by atoms with Crippen molar-refractivity contribution in [3.63, 3.8) is 0 Å². The molecule has 0 aromatic heterocycles. The fourth-order valence-corrected chi connectivity index (χ4v) is 3.83. The lowest BCUT2D eigenvalue weighted by Gasteiger charge is -2.38. The minimum Gasteiger partial charge on any atom is -0.363 e. The summed E-state index contributed by atoms with van der Waals surface area (Å²) in [6.45, 7) is 0.775. The predicted molar refractivity (Wildman–Crippen MR) is 70.8 cm³/mol.